The number of H-pyrrole nitrogens is 2. The number of rotatable bonds is 3. The Morgan fingerprint density at radius 1 is 1.07 bits per heavy atom. The van der Waals surface area contributed by atoms with E-state index >= 15 is 0 Å². The molecular weight excluding hydrogens is 332 g/mol. The van der Waals surface area contributed by atoms with Gasteiger partial charge in [-0.15, -0.1) is 0 Å². The molecule has 0 aliphatic carbocycles. The summed E-state index contributed by atoms with van der Waals surface area (Å²) in [5, 5.41) is 1.36. The third kappa shape index (κ3) is 2.86. The third-order valence-corrected chi connectivity index (χ3v) is 5.60. The molecule has 0 fully saturated rings. The van der Waals surface area contributed by atoms with Gasteiger partial charge in [0.05, 0.1) is 12.6 Å². The van der Waals surface area contributed by atoms with E-state index in [4.69, 9.17) is 0 Å². The summed E-state index contributed by atoms with van der Waals surface area (Å²) >= 11 is 0. The van der Waals surface area contributed by atoms with Crippen LogP contribution in [0.1, 0.15) is 39.9 Å². The van der Waals surface area contributed by atoms with Gasteiger partial charge in [-0.05, 0) is 37.5 Å². The molecule has 0 bridgehead atoms. The van der Waals surface area contributed by atoms with Crippen molar-refractivity contribution in [1.82, 2.24) is 19.9 Å². The number of nitrogens with one attached hydrogen (secondary N) is 2. The molecule has 27 heavy (non-hydrogen) atoms. The number of aromatic nitrogens is 3. The van der Waals surface area contributed by atoms with Crippen LogP contribution >= 0.6 is 0 Å². The second-order valence-corrected chi connectivity index (χ2v) is 7.61. The van der Waals surface area contributed by atoms with Gasteiger partial charge < -0.3 is 9.97 Å². The number of nitrogens with zero attached hydrogens (tertiary/aromatic N) is 2. The zero-order valence-electron chi connectivity index (χ0n) is 15.8. The van der Waals surface area contributed by atoms with Crippen LogP contribution in [-0.2, 0) is 13.0 Å². The van der Waals surface area contributed by atoms with Gasteiger partial charge in [-0.1, -0.05) is 48.0 Å². The second kappa shape index (κ2) is 6.39. The quantitative estimate of drug-likeness (QED) is 0.561. The Morgan fingerprint density at radius 2 is 1.96 bits per heavy atom. The molecule has 0 amide bonds. The lowest BCUT2D eigenvalue weighted by Crippen LogP contribution is -2.36. The average Bonchev–Trinajstić information content (AvgIpc) is 3.24. The van der Waals surface area contributed by atoms with Gasteiger partial charge >= 0.3 is 0 Å². The number of imidazole rings is 1. The predicted molar refractivity (Wildman–Crippen MR) is 109 cm³/mol. The lowest BCUT2D eigenvalue weighted by molar-refractivity contribution is 0.197. The molecule has 0 saturated carbocycles. The van der Waals surface area contributed by atoms with E-state index in [2.05, 4.69) is 82.2 Å². The predicted octanol–water partition coefficient (Wildman–Crippen LogP) is 4.66. The van der Waals surface area contributed by atoms with E-state index < -0.39 is 0 Å². The Hall–Kier alpha value is -2.85. The van der Waals surface area contributed by atoms with Crippen LogP contribution in [0.15, 0.2) is 54.7 Å². The first-order valence-electron chi connectivity index (χ1n) is 9.59. The van der Waals surface area contributed by atoms with Crippen molar-refractivity contribution >= 4 is 10.9 Å². The van der Waals surface area contributed by atoms with Crippen molar-refractivity contribution in [3.63, 3.8) is 0 Å². The van der Waals surface area contributed by atoms with E-state index in [0.717, 1.165) is 31.0 Å². The van der Waals surface area contributed by atoms with Gasteiger partial charge in [0.25, 0.3) is 0 Å². The molecule has 0 unspecified atom stereocenters. The van der Waals surface area contributed by atoms with Crippen molar-refractivity contribution < 1.29 is 0 Å². The van der Waals surface area contributed by atoms with Crippen LogP contribution in [-0.4, -0.2) is 26.4 Å². The van der Waals surface area contributed by atoms with Crippen molar-refractivity contribution in [2.45, 2.75) is 32.9 Å². The van der Waals surface area contributed by atoms with Gasteiger partial charge in [-0.2, -0.15) is 0 Å². The van der Waals surface area contributed by atoms with E-state index in [-0.39, 0.29) is 6.04 Å². The number of benzene rings is 2. The van der Waals surface area contributed by atoms with Gasteiger partial charge in [0.15, 0.2) is 0 Å². The summed E-state index contributed by atoms with van der Waals surface area (Å²) in [6.45, 7) is 6.06. The molecule has 0 spiro atoms. The molecule has 2 aromatic carbocycles. The molecule has 1 aliphatic rings. The Balaban J connectivity index is 1.63. The molecule has 4 nitrogen and oxygen atoms in total. The summed E-state index contributed by atoms with van der Waals surface area (Å²) < 4.78 is 0. The maximum Gasteiger partial charge on any atom is 0.120 e. The average molecular weight is 356 g/mol. The summed E-state index contributed by atoms with van der Waals surface area (Å²) in [7, 11) is 0. The maximum atomic E-state index is 4.55. The minimum atomic E-state index is 0.214. The van der Waals surface area contributed by atoms with Crippen LogP contribution in [0.5, 0.6) is 0 Å². The topological polar surface area (TPSA) is 47.7 Å². The lowest BCUT2D eigenvalue weighted by atomic mass is 9.91. The van der Waals surface area contributed by atoms with Crippen LogP contribution in [0.3, 0.4) is 0 Å². The molecule has 1 aliphatic heterocycles. The minimum Gasteiger partial charge on any atom is -0.357 e. The highest BCUT2D eigenvalue weighted by atomic mass is 15.2. The molecule has 0 saturated heterocycles. The maximum absolute atomic E-state index is 4.55. The molecule has 5 rings (SSSR count). The molecular formula is C23H24N4. The van der Waals surface area contributed by atoms with Gasteiger partial charge in [0.1, 0.15) is 5.82 Å². The highest BCUT2D eigenvalue weighted by Crippen LogP contribution is 2.39. The fraction of sp³-hybridized carbons (Fsp3) is 0.261. The molecule has 3 heterocycles. The van der Waals surface area contributed by atoms with Crippen molar-refractivity contribution in [2.24, 2.45) is 0 Å². The van der Waals surface area contributed by atoms with Gasteiger partial charge in [0, 0.05) is 35.0 Å². The normalized spacial score (nSPS) is 17.3. The number of fused-ring (bicyclic) bond motifs is 3. The fourth-order valence-corrected chi connectivity index (χ4v) is 4.42. The Bertz CT molecular complexity index is 1100. The first-order valence-corrected chi connectivity index (χ1v) is 9.59. The van der Waals surface area contributed by atoms with Crippen LogP contribution in [0.4, 0.5) is 0 Å². The van der Waals surface area contributed by atoms with E-state index in [1.807, 2.05) is 6.20 Å². The standard InChI is InChI=1S/C23H24N4/c1-15-6-5-7-17(12-15)23-22-19(18-8-3-4-9-20(18)26-22)10-11-27(23)14-21-24-13-16(2)25-21/h3-9,12-13,23,26H,10-11,14H2,1-2H3,(H,24,25)/t23-/m1/s1. The summed E-state index contributed by atoms with van der Waals surface area (Å²) in [4.78, 5) is 14.2. The number of para-hydroxylation sites is 1. The second-order valence-electron chi connectivity index (χ2n) is 7.61. The van der Waals surface area contributed by atoms with Crippen LogP contribution in [0.2, 0.25) is 0 Å². The molecule has 4 heteroatoms. The minimum absolute atomic E-state index is 0.214. The zero-order chi connectivity index (χ0) is 18.4. The van der Waals surface area contributed by atoms with Crippen molar-refractivity contribution in [3.05, 3.63) is 88.6 Å². The SMILES string of the molecule is Cc1cccc([C@@H]2c3[nH]c4ccccc4c3CCN2Cc2ncc(C)[nH]2)c1. The highest BCUT2D eigenvalue weighted by Gasteiger charge is 2.32. The van der Waals surface area contributed by atoms with Crippen molar-refractivity contribution in [3.8, 4) is 0 Å². The summed E-state index contributed by atoms with van der Waals surface area (Å²) in [6, 6.07) is 17.8. The Morgan fingerprint density at radius 3 is 2.78 bits per heavy atom. The Kier molecular flexibility index (Phi) is 3.87. The van der Waals surface area contributed by atoms with Gasteiger partial charge in [-0.25, -0.2) is 4.98 Å². The monoisotopic (exact) mass is 356 g/mol. The van der Waals surface area contributed by atoms with E-state index in [1.54, 1.807) is 0 Å². The number of aromatic amines is 2. The summed E-state index contributed by atoms with van der Waals surface area (Å²) in [6.07, 6.45) is 2.97. The fourth-order valence-electron chi connectivity index (χ4n) is 4.42. The lowest BCUT2D eigenvalue weighted by Gasteiger charge is -2.35. The molecule has 4 aromatic rings. The number of hydrogen-bond acceptors (Lipinski definition) is 2. The number of hydrogen-bond donors (Lipinski definition) is 2. The number of aryl methyl sites for hydroxylation is 2. The van der Waals surface area contributed by atoms with Crippen molar-refractivity contribution in [1.29, 1.82) is 0 Å². The van der Waals surface area contributed by atoms with E-state index in [0.29, 0.717) is 0 Å². The largest absolute Gasteiger partial charge is 0.357 e. The first-order chi connectivity index (χ1) is 13.2. The first kappa shape index (κ1) is 16.3. The molecule has 2 N–H and O–H groups in total. The summed E-state index contributed by atoms with van der Waals surface area (Å²) in [5.41, 5.74) is 7.77. The van der Waals surface area contributed by atoms with Crippen LogP contribution in [0.25, 0.3) is 10.9 Å². The van der Waals surface area contributed by atoms with Gasteiger partial charge in [-0.3, -0.25) is 4.90 Å². The van der Waals surface area contributed by atoms with E-state index in [1.165, 1.54) is 33.3 Å². The van der Waals surface area contributed by atoms with E-state index in [9.17, 15) is 0 Å². The zero-order valence-corrected chi connectivity index (χ0v) is 15.8. The van der Waals surface area contributed by atoms with Crippen molar-refractivity contribution in [2.75, 3.05) is 6.54 Å². The molecule has 2 aromatic heterocycles. The smallest absolute Gasteiger partial charge is 0.120 e. The molecule has 0 radical (unpaired) electrons. The molecule has 1 atom stereocenters. The van der Waals surface area contributed by atoms with Gasteiger partial charge in [0.2, 0.25) is 0 Å². The van der Waals surface area contributed by atoms with Crippen LogP contribution < -0.4 is 0 Å². The molecule has 136 valence electrons. The Labute approximate surface area is 159 Å². The summed E-state index contributed by atoms with van der Waals surface area (Å²) in [5.74, 6) is 1.03. The van der Waals surface area contributed by atoms with Crippen LogP contribution in [0, 0.1) is 13.8 Å². The third-order valence-electron chi connectivity index (χ3n) is 5.60. The highest BCUT2D eigenvalue weighted by molar-refractivity contribution is 5.85.